The van der Waals surface area contributed by atoms with Crippen molar-refractivity contribution >= 4 is 48.1 Å². The van der Waals surface area contributed by atoms with E-state index in [1.54, 1.807) is 36.7 Å². The third-order valence-corrected chi connectivity index (χ3v) is 11.6. The van der Waals surface area contributed by atoms with Crippen molar-refractivity contribution in [3.05, 3.63) is 66.6 Å². The van der Waals surface area contributed by atoms with E-state index in [0.29, 0.717) is 37.7 Å². The molecule has 2 fully saturated rings. The molecular formula is C29H32N6O4S2. The fourth-order valence-electron chi connectivity index (χ4n) is 4.97. The number of benzene rings is 2. The van der Waals surface area contributed by atoms with Crippen LogP contribution in [-0.4, -0.2) is 76.3 Å². The molecule has 6 rings (SSSR count). The Hall–Kier alpha value is -3.74. The Morgan fingerprint density at radius 1 is 0.927 bits per heavy atom. The maximum Gasteiger partial charge on any atom is 0.246 e. The number of nitrogens with one attached hydrogen (secondary N) is 1. The van der Waals surface area contributed by atoms with E-state index >= 15 is 0 Å². The number of pyridine rings is 1. The van der Waals surface area contributed by atoms with E-state index in [1.165, 1.54) is 11.4 Å². The fraction of sp³-hybridized carbons (Fsp3) is 0.310. The zero-order chi connectivity index (χ0) is 28.8. The molecule has 10 nitrogen and oxygen atoms in total. The molecule has 12 heteroatoms. The van der Waals surface area contributed by atoms with E-state index in [-0.39, 0.29) is 10.1 Å². The largest absolute Gasteiger partial charge is 0.495 e. The van der Waals surface area contributed by atoms with Gasteiger partial charge in [0, 0.05) is 52.9 Å². The van der Waals surface area contributed by atoms with Gasteiger partial charge in [0.15, 0.2) is 0 Å². The van der Waals surface area contributed by atoms with Crippen molar-refractivity contribution in [1.29, 1.82) is 0 Å². The predicted molar refractivity (Wildman–Crippen MR) is 163 cm³/mol. The first kappa shape index (κ1) is 27.4. The standard InChI is InChI=1S/C29H32N6O4S2/c1-20-25(33-40(3,36)23-9-10-23)17-22(18-30-20)21-8-11-24-26(16-21)32-29(19-31-24)34-12-14-35(15-13-34)41(37,38)28-7-5-4-6-27(28)39-2/h4-8,11,16-19,23H,3,9-10,12-15H2,1-2H3,(H,33,36). The van der Waals surface area contributed by atoms with Crippen molar-refractivity contribution in [3.63, 3.8) is 0 Å². The molecule has 4 aromatic rings. The highest BCUT2D eigenvalue weighted by Crippen LogP contribution is 2.32. The maximum absolute atomic E-state index is 13.3. The Labute approximate surface area is 240 Å². The number of hydrogen-bond donors (Lipinski definition) is 1. The van der Waals surface area contributed by atoms with Gasteiger partial charge in [0.25, 0.3) is 0 Å². The number of aryl methyl sites for hydroxylation is 1. The highest BCUT2D eigenvalue weighted by Gasteiger charge is 2.32. The number of aromatic nitrogens is 3. The monoisotopic (exact) mass is 592 g/mol. The third kappa shape index (κ3) is 5.46. The Kier molecular flexibility index (Phi) is 7.08. The summed E-state index contributed by atoms with van der Waals surface area (Å²) in [5.41, 5.74) is 4.74. The number of nitrogens with zero attached hydrogens (tertiary/aromatic N) is 5. The van der Waals surface area contributed by atoms with E-state index in [1.807, 2.05) is 36.1 Å². The topological polar surface area (TPSA) is 118 Å². The second-order valence-corrected chi connectivity index (χ2v) is 14.6. The Balaban J connectivity index is 1.21. The number of ether oxygens (including phenoxy) is 1. The Bertz CT molecular complexity index is 1830. The summed E-state index contributed by atoms with van der Waals surface area (Å²) in [5, 5.41) is 0.114. The molecule has 2 aromatic carbocycles. The number of fused-ring (bicyclic) bond motifs is 1. The lowest BCUT2D eigenvalue weighted by atomic mass is 10.1. The second-order valence-electron chi connectivity index (χ2n) is 10.4. The third-order valence-electron chi connectivity index (χ3n) is 7.54. The van der Waals surface area contributed by atoms with Gasteiger partial charge in [-0.3, -0.25) is 9.97 Å². The van der Waals surface area contributed by atoms with Crippen LogP contribution in [0.15, 0.2) is 65.8 Å². The van der Waals surface area contributed by atoms with E-state index in [0.717, 1.165) is 46.4 Å². The molecule has 1 saturated heterocycles. The van der Waals surface area contributed by atoms with Crippen LogP contribution in [0.25, 0.3) is 22.2 Å². The van der Waals surface area contributed by atoms with Crippen LogP contribution in [0.1, 0.15) is 18.5 Å². The summed E-state index contributed by atoms with van der Waals surface area (Å²) < 4.78 is 49.4. The average Bonchev–Trinajstić information content (AvgIpc) is 3.84. The maximum atomic E-state index is 13.3. The molecule has 0 spiro atoms. The lowest BCUT2D eigenvalue weighted by Crippen LogP contribution is -2.49. The first-order valence-corrected chi connectivity index (χ1v) is 16.6. The molecule has 2 aliphatic rings. The fourth-order valence-corrected chi connectivity index (χ4v) is 8.20. The van der Waals surface area contributed by atoms with E-state index in [2.05, 4.69) is 20.6 Å². The molecule has 0 bridgehead atoms. The molecule has 2 aromatic heterocycles. The van der Waals surface area contributed by atoms with Crippen LogP contribution in [0.4, 0.5) is 11.5 Å². The van der Waals surface area contributed by atoms with Gasteiger partial charge in [-0.05, 0) is 61.5 Å². The smallest absolute Gasteiger partial charge is 0.246 e. The molecule has 0 amide bonds. The zero-order valence-electron chi connectivity index (χ0n) is 23.0. The summed E-state index contributed by atoms with van der Waals surface area (Å²) in [5.74, 6) is 4.95. The van der Waals surface area contributed by atoms with Crippen LogP contribution in [0, 0.1) is 6.92 Å². The summed E-state index contributed by atoms with van der Waals surface area (Å²) >= 11 is 0. The molecule has 1 saturated carbocycles. The van der Waals surface area contributed by atoms with Gasteiger partial charge in [-0.1, -0.05) is 18.2 Å². The molecule has 1 N–H and O–H groups in total. The Morgan fingerprint density at radius 2 is 1.68 bits per heavy atom. The molecule has 1 unspecified atom stereocenters. The quantitative estimate of drug-likeness (QED) is 0.308. The summed E-state index contributed by atoms with van der Waals surface area (Å²) in [4.78, 5) is 16.2. The minimum atomic E-state index is -3.69. The predicted octanol–water partition coefficient (Wildman–Crippen LogP) is 3.73. The number of hydrogen-bond acceptors (Lipinski definition) is 8. The number of para-hydroxylation sites is 1. The first-order valence-electron chi connectivity index (χ1n) is 13.4. The molecular weight excluding hydrogens is 560 g/mol. The zero-order valence-corrected chi connectivity index (χ0v) is 24.6. The van der Waals surface area contributed by atoms with Crippen molar-refractivity contribution in [3.8, 4) is 16.9 Å². The summed E-state index contributed by atoms with van der Waals surface area (Å²) in [6.45, 7) is 3.49. The van der Waals surface area contributed by atoms with Crippen LogP contribution in [-0.2, 0) is 19.7 Å². The number of anilines is 2. The summed E-state index contributed by atoms with van der Waals surface area (Å²) in [6.07, 6.45) is 5.38. The number of piperazine rings is 1. The van der Waals surface area contributed by atoms with Gasteiger partial charge in [0.05, 0.1) is 35.7 Å². The van der Waals surface area contributed by atoms with Crippen molar-refractivity contribution in [2.45, 2.75) is 29.9 Å². The lowest BCUT2D eigenvalue weighted by Gasteiger charge is -2.34. The molecule has 214 valence electrons. The van der Waals surface area contributed by atoms with E-state index < -0.39 is 19.7 Å². The number of sulfonamides is 1. The van der Waals surface area contributed by atoms with Gasteiger partial charge >= 0.3 is 0 Å². The van der Waals surface area contributed by atoms with Gasteiger partial charge in [-0.15, -0.1) is 0 Å². The van der Waals surface area contributed by atoms with Crippen molar-refractivity contribution in [2.24, 2.45) is 0 Å². The van der Waals surface area contributed by atoms with Crippen molar-refractivity contribution in [1.82, 2.24) is 19.3 Å². The minimum Gasteiger partial charge on any atom is -0.495 e. The molecule has 1 aliphatic heterocycles. The van der Waals surface area contributed by atoms with Crippen LogP contribution >= 0.6 is 0 Å². The Morgan fingerprint density at radius 3 is 2.41 bits per heavy atom. The van der Waals surface area contributed by atoms with Gasteiger partial charge in [0.1, 0.15) is 16.5 Å². The summed E-state index contributed by atoms with van der Waals surface area (Å²) in [6, 6.07) is 14.5. The second kappa shape index (κ2) is 10.6. The molecule has 1 aliphatic carbocycles. The molecule has 0 radical (unpaired) electrons. The normalized spacial score (nSPS) is 17.8. The lowest BCUT2D eigenvalue weighted by molar-refractivity contribution is 0.373. The average molecular weight is 593 g/mol. The van der Waals surface area contributed by atoms with Crippen LogP contribution in [0.5, 0.6) is 5.75 Å². The molecule has 3 heterocycles. The summed E-state index contributed by atoms with van der Waals surface area (Å²) in [7, 11) is -4.63. The highest BCUT2D eigenvalue weighted by atomic mass is 32.2. The van der Waals surface area contributed by atoms with Crippen LogP contribution in [0.2, 0.25) is 0 Å². The van der Waals surface area contributed by atoms with Gasteiger partial charge in [0.2, 0.25) is 10.0 Å². The number of rotatable bonds is 8. The van der Waals surface area contributed by atoms with E-state index in [9.17, 15) is 12.6 Å². The SMILES string of the molecule is C=S(=O)(Nc1cc(-c2ccc3ncc(N4CCN(S(=O)(=O)c5ccccc5OC)CC4)nc3c2)cnc1C)C1CC1. The minimum absolute atomic E-state index is 0.114. The van der Waals surface area contributed by atoms with Gasteiger partial charge < -0.3 is 14.4 Å². The van der Waals surface area contributed by atoms with Gasteiger partial charge in [-0.25, -0.2) is 17.6 Å². The van der Waals surface area contributed by atoms with E-state index in [4.69, 9.17) is 9.72 Å². The van der Waals surface area contributed by atoms with Crippen LogP contribution in [0.3, 0.4) is 0 Å². The van der Waals surface area contributed by atoms with Crippen molar-refractivity contribution < 1.29 is 17.4 Å². The molecule has 41 heavy (non-hydrogen) atoms. The highest BCUT2D eigenvalue weighted by molar-refractivity contribution is 8.02. The molecule has 1 atom stereocenters. The van der Waals surface area contributed by atoms with Crippen molar-refractivity contribution in [2.75, 3.05) is 42.9 Å². The van der Waals surface area contributed by atoms with Gasteiger partial charge in [-0.2, -0.15) is 4.31 Å². The first-order chi connectivity index (χ1) is 19.7. The van der Waals surface area contributed by atoms with Crippen LogP contribution < -0.4 is 14.4 Å². The number of methoxy groups -OCH3 is 1.